The van der Waals surface area contributed by atoms with Crippen molar-refractivity contribution in [2.75, 3.05) is 0 Å². The SMILES string of the molecule is CC(C)(O)c1cc(C(C)(C)O)c(OC(=O)c2ccccc2C(C)(C)O)c(C(C)(C)O)c1. The van der Waals surface area contributed by atoms with E-state index >= 15 is 0 Å². The average molecular weight is 431 g/mol. The Labute approximate surface area is 184 Å². The van der Waals surface area contributed by atoms with Crippen LogP contribution in [-0.4, -0.2) is 26.4 Å². The Bertz CT molecular complexity index is 928. The summed E-state index contributed by atoms with van der Waals surface area (Å²) in [6, 6.07) is 9.71. The van der Waals surface area contributed by atoms with Crippen molar-refractivity contribution in [3.63, 3.8) is 0 Å². The highest BCUT2D eigenvalue weighted by Crippen LogP contribution is 2.41. The van der Waals surface area contributed by atoms with E-state index in [1.807, 2.05) is 0 Å². The van der Waals surface area contributed by atoms with E-state index in [2.05, 4.69) is 0 Å². The predicted molar refractivity (Wildman–Crippen MR) is 119 cm³/mol. The lowest BCUT2D eigenvalue weighted by Gasteiger charge is -2.31. The Hall–Kier alpha value is -2.25. The maximum atomic E-state index is 13.2. The van der Waals surface area contributed by atoms with Crippen LogP contribution in [-0.2, 0) is 22.4 Å². The smallest absolute Gasteiger partial charge is 0.343 e. The molecule has 0 unspecified atom stereocenters. The number of esters is 1. The number of rotatable bonds is 6. The lowest BCUT2D eigenvalue weighted by atomic mass is 9.84. The minimum atomic E-state index is -1.44. The van der Waals surface area contributed by atoms with Crippen LogP contribution in [0.25, 0.3) is 0 Å². The fourth-order valence-corrected chi connectivity index (χ4v) is 3.34. The van der Waals surface area contributed by atoms with E-state index in [1.165, 1.54) is 27.7 Å². The second-order valence-electron chi connectivity index (χ2n) is 10.1. The molecule has 2 aromatic rings. The first-order chi connectivity index (χ1) is 13.8. The van der Waals surface area contributed by atoms with Crippen molar-refractivity contribution in [3.05, 3.63) is 64.2 Å². The van der Waals surface area contributed by atoms with Crippen LogP contribution in [0.1, 0.15) is 88.0 Å². The predicted octanol–water partition coefficient (Wildman–Crippen LogP) is 3.82. The monoisotopic (exact) mass is 430 g/mol. The van der Waals surface area contributed by atoms with Gasteiger partial charge in [0.05, 0.1) is 28.0 Å². The van der Waals surface area contributed by atoms with Gasteiger partial charge in [0, 0.05) is 11.1 Å². The van der Waals surface area contributed by atoms with Crippen LogP contribution < -0.4 is 4.74 Å². The summed E-state index contributed by atoms with van der Waals surface area (Å²) in [4.78, 5) is 13.2. The molecule has 6 heteroatoms. The topological polar surface area (TPSA) is 107 Å². The molecule has 2 rings (SSSR count). The van der Waals surface area contributed by atoms with E-state index < -0.39 is 28.4 Å². The number of hydrogen-bond acceptors (Lipinski definition) is 6. The quantitative estimate of drug-likeness (QED) is 0.410. The summed E-state index contributed by atoms with van der Waals surface area (Å²) in [5.41, 5.74) is -3.89. The van der Waals surface area contributed by atoms with Gasteiger partial charge in [0.2, 0.25) is 0 Å². The van der Waals surface area contributed by atoms with Crippen molar-refractivity contribution in [1.29, 1.82) is 0 Å². The molecule has 0 atom stereocenters. The summed E-state index contributed by atoms with van der Waals surface area (Å²) < 4.78 is 5.77. The zero-order valence-electron chi connectivity index (χ0n) is 19.6. The van der Waals surface area contributed by atoms with E-state index in [9.17, 15) is 25.2 Å². The normalized spacial score (nSPS) is 13.3. The van der Waals surface area contributed by atoms with Crippen LogP contribution in [0, 0.1) is 0 Å². The van der Waals surface area contributed by atoms with Gasteiger partial charge in [-0.05, 0) is 84.7 Å². The Balaban J connectivity index is 2.76. The molecule has 0 aliphatic rings. The van der Waals surface area contributed by atoms with Crippen LogP contribution in [0.4, 0.5) is 0 Å². The van der Waals surface area contributed by atoms with Crippen molar-refractivity contribution >= 4 is 5.97 Å². The van der Waals surface area contributed by atoms with Crippen molar-refractivity contribution in [2.24, 2.45) is 0 Å². The van der Waals surface area contributed by atoms with E-state index in [4.69, 9.17) is 4.74 Å². The van der Waals surface area contributed by atoms with Crippen LogP contribution in [0.2, 0.25) is 0 Å². The van der Waals surface area contributed by atoms with E-state index in [0.717, 1.165) is 0 Å². The number of aliphatic hydroxyl groups is 4. The molecule has 170 valence electrons. The van der Waals surface area contributed by atoms with Crippen LogP contribution in [0.5, 0.6) is 5.75 Å². The largest absolute Gasteiger partial charge is 0.422 e. The number of carbonyl (C=O) groups excluding carboxylic acids is 1. The Morgan fingerprint density at radius 3 is 1.48 bits per heavy atom. The molecule has 0 aromatic heterocycles. The first-order valence-electron chi connectivity index (χ1n) is 10.2. The highest BCUT2D eigenvalue weighted by molar-refractivity contribution is 5.93. The van der Waals surface area contributed by atoms with Crippen molar-refractivity contribution in [3.8, 4) is 5.75 Å². The number of hydrogen-bond donors (Lipinski definition) is 4. The average Bonchev–Trinajstić information content (AvgIpc) is 2.58. The van der Waals surface area contributed by atoms with Gasteiger partial charge in [-0.3, -0.25) is 0 Å². The second kappa shape index (κ2) is 8.02. The standard InChI is InChI=1S/C25H34O6/c1-22(2,27)15-13-18(24(5,6)29)20(19(14-15)25(7,8)30)31-21(26)16-11-9-10-12-17(16)23(3,4)28/h9-14,27-30H,1-8H3. The zero-order valence-corrected chi connectivity index (χ0v) is 19.6. The van der Waals surface area contributed by atoms with Crippen LogP contribution in [0.15, 0.2) is 36.4 Å². The lowest BCUT2D eigenvalue weighted by molar-refractivity contribution is 0.0532. The molecule has 0 radical (unpaired) electrons. The maximum absolute atomic E-state index is 13.2. The van der Waals surface area contributed by atoms with Crippen molar-refractivity contribution < 1.29 is 30.0 Å². The van der Waals surface area contributed by atoms with Crippen molar-refractivity contribution in [1.82, 2.24) is 0 Å². The van der Waals surface area contributed by atoms with E-state index in [0.29, 0.717) is 11.1 Å². The summed E-state index contributed by atoms with van der Waals surface area (Å²) in [5.74, 6) is -0.715. The first kappa shape index (κ1) is 25.0. The number of benzene rings is 2. The van der Waals surface area contributed by atoms with Crippen LogP contribution >= 0.6 is 0 Å². The molecule has 0 aliphatic carbocycles. The molecular formula is C25H34O6. The highest BCUT2D eigenvalue weighted by atomic mass is 16.5. The second-order valence-corrected chi connectivity index (χ2v) is 10.1. The molecule has 0 heterocycles. The molecule has 4 N–H and O–H groups in total. The molecule has 2 aromatic carbocycles. The molecule has 6 nitrogen and oxygen atoms in total. The summed E-state index contributed by atoms with van der Waals surface area (Å²) >= 11 is 0. The molecule has 0 spiro atoms. The Morgan fingerprint density at radius 1 is 0.677 bits per heavy atom. The molecule has 31 heavy (non-hydrogen) atoms. The zero-order chi connectivity index (χ0) is 24.0. The Kier molecular flexibility index (Phi) is 6.47. The maximum Gasteiger partial charge on any atom is 0.343 e. The van der Waals surface area contributed by atoms with Gasteiger partial charge in [-0.2, -0.15) is 0 Å². The minimum Gasteiger partial charge on any atom is -0.422 e. The molecule has 0 aliphatic heterocycles. The summed E-state index contributed by atoms with van der Waals surface area (Å²) in [5, 5.41) is 42.7. The lowest BCUT2D eigenvalue weighted by Crippen LogP contribution is -2.28. The van der Waals surface area contributed by atoms with Gasteiger partial charge in [0.1, 0.15) is 5.75 Å². The fraction of sp³-hybridized carbons (Fsp3) is 0.480. The number of carbonyl (C=O) groups is 1. The minimum absolute atomic E-state index is 0.0172. The van der Waals surface area contributed by atoms with Crippen molar-refractivity contribution in [2.45, 2.75) is 77.8 Å². The van der Waals surface area contributed by atoms with Gasteiger partial charge in [-0.25, -0.2) is 4.79 Å². The summed E-state index contributed by atoms with van der Waals surface area (Å²) in [7, 11) is 0. The van der Waals surface area contributed by atoms with Gasteiger partial charge in [0.25, 0.3) is 0 Å². The molecule has 0 saturated heterocycles. The molecule has 0 fully saturated rings. The van der Waals surface area contributed by atoms with Gasteiger partial charge < -0.3 is 25.2 Å². The fourth-order valence-electron chi connectivity index (χ4n) is 3.34. The third kappa shape index (κ3) is 5.71. The summed E-state index contributed by atoms with van der Waals surface area (Å²) in [6.07, 6.45) is 0. The molecular weight excluding hydrogens is 396 g/mol. The third-order valence-corrected chi connectivity index (χ3v) is 5.11. The number of ether oxygens (including phenoxy) is 1. The van der Waals surface area contributed by atoms with Gasteiger partial charge in [0.15, 0.2) is 0 Å². The van der Waals surface area contributed by atoms with Gasteiger partial charge in [-0.1, -0.05) is 18.2 Å². The third-order valence-electron chi connectivity index (χ3n) is 5.11. The Morgan fingerprint density at radius 2 is 1.10 bits per heavy atom. The highest BCUT2D eigenvalue weighted by Gasteiger charge is 2.34. The van der Waals surface area contributed by atoms with Gasteiger partial charge in [-0.15, -0.1) is 0 Å². The molecule has 0 amide bonds. The molecule has 0 bridgehead atoms. The van der Waals surface area contributed by atoms with E-state index in [-0.39, 0.29) is 22.4 Å². The van der Waals surface area contributed by atoms with E-state index in [1.54, 1.807) is 64.1 Å². The molecule has 0 saturated carbocycles. The van der Waals surface area contributed by atoms with Gasteiger partial charge >= 0.3 is 5.97 Å². The first-order valence-corrected chi connectivity index (χ1v) is 10.2. The summed E-state index contributed by atoms with van der Waals surface area (Å²) in [6.45, 7) is 12.5. The van der Waals surface area contributed by atoms with Crippen LogP contribution in [0.3, 0.4) is 0 Å².